The molecule has 0 bridgehead atoms. The van der Waals surface area contributed by atoms with Crippen molar-refractivity contribution in [3.63, 3.8) is 0 Å². The first-order valence-corrected chi connectivity index (χ1v) is 14.3. The lowest BCUT2D eigenvalue weighted by molar-refractivity contribution is 0.317. The minimum atomic E-state index is 0.712. The van der Waals surface area contributed by atoms with Crippen molar-refractivity contribution in [1.82, 2.24) is 0 Å². The largest absolute Gasteiger partial charge is 0.494 e. The van der Waals surface area contributed by atoms with Gasteiger partial charge >= 0.3 is 0 Å². The summed E-state index contributed by atoms with van der Waals surface area (Å²) in [6.45, 7) is 5.60. The van der Waals surface area contributed by atoms with E-state index in [9.17, 15) is 0 Å². The molecule has 5 aromatic rings. The smallest absolute Gasteiger partial charge is 0.119 e. The standard InChI is InChI=1S/C36H34N4O2/c1-3-25-41-35-21-17-33(18-22-35)39-37-31-13-9-29(10-14-31)27-5-7-28(8-6-27)30-11-15-32(16-12-30)38-40-34-19-23-36(24-20-34)42-26-4-2/h5-24H,3-4,25-26H2,1-2H3/b39-37+,40-38+. The van der Waals surface area contributed by atoms with Crippen LogP contribution < -0.4 is 9.47 Å². The van der Waals surface area contributed by atoms with E-state index in [2.05, 4.69) is 82.8 Å². The Kier molecular flexibility index (Phi) is 9.82. The highest BCUT2D eigenvalue weighted by atomic mass is 16.5. The molecule has 0 N–H and O–H groups in total. The van der Waals surface area contributed by atoms with Gasteiger partial charge in [-0.25, -0.2) is 0 Å². The minimum absolute atomic E-state index is 0.712. The van der Waals surface area contributed by atoms with Gasteiger partial charge in [-0.2, -0.15) is 20.5 Å². The van der Waals surface area contributed by atoms with Crippen LogP contribution in [0.25, 0.3) is 22.3 Å². The molecule has 0 aliphatic rings. The van der Waals surface area contributed by atoms with Crippen molar-refractivity contribution in [1.29, 1.82) is 0 Å². The van der Waals surface area contributed by atoms with E-state index in [-0.39, 0.29) is 0 Å². The Morgan fingerprint density at radius 2 is 0.595 bits per heavy atom. The van der Waals surface area contributed by atoms with E-state index in [0.717, 1.165) is 69.3 Å². The van der Waals surface area contributed by atoms with E-state index in [0.29, 0.717) is 13.2 Å². The van der Waals surface area contributed by atoms with Gasteiger partial charge in [-0.3, -0.25) is 0 Å². The minimum Gasteiger partial charge on any atom is -0.494 e. The summed E-state index contributed by atoms with van der Waals surface area (Å²) in [4.78, 5) is 0. The van der Waals surface area contributed by atoms with Crippen LogP contribution in [0.2, 0.25) is 0 Å². The zero-order chi connectivity index (χ0) is 29.0. The van der Waals surface area contributed by atoms with Crippen molar-refractivity contribution in [2.75, 3.05) is 13.2 Å². The molecule has 0 saturated carbocycles. The second-order valence-electron chi connectivity index (χ2n) is 9.76. The molecule has 0 fully saturated rings. The first kappa shape index (κ1) is 28.4. The second kappa shape index (κ2) is 14.5. The fourth-order valence-corrected chi connectivity index (χ4v) is 4.19. The molecular formula is C36H34N4O2. The number of hydrogen-bond donors (Lipinski definition) is 0. The summed E-state index contributed by atoms with van der Waals surface area (Å²) >= 11 is 0. The Labute approximate surface area is 247 Å². The molecule has 0 radical (unpaired) electrons. The van der Waals surface area contributed by atoms with E-state index in [1.54, 1.807) is 0 Å². The first-order chi connectivity index (χ1) is 20.7. The van der Waals surface area contributed by atoms with Crippen molar-refractivity contribution >= 4 is 22.7 Å². The number of benzene rings is 5. The molecule has 0 spiro atoms. The highest BCUT2D eigenvalue weighted by Crippen LogP contribution is 2.29. The van der Waals surface area contributed by atoms with Crippen LogP contribution in [0.1, 0.15) is 26.7 Å². The Balaban J connectivity index is 1.17. The highest BCUT2D eigenvalue weighted by molar-refractivity contribution is 5.71. The summed E-state index contributed by atoms with van der Waals surface area (Å²) in [5.41, 5.74) is 7.71. The van der Waals surface area contributed by atoms with Crippen LogP contribution in [-0.4, -0.2) is 13.2 Å². The molecule has 5 rings (SSSR count). The van der Waals surface area contributed by atoms with Crippen LogP contribution in [-0.2, 0) is 0 Å². The molecule has 6 heteroatoms. The molecule has 0 aliphatic heterocycles. The molecule has 0 heterocycles. The van der Waals surface area contributed by atoms with Crippen LogP contribution >= 0.6 is 0 Å². The Morgan fingerprint density at radius 3 is 0.857 bits per heavy atom. The Morgan fingerprint density at radius 1 is 0.357 bits per heavy atom. The first-order valence-electron chi connectivity index (χ1n) is 14.3. The summed E-state index contributed by atoms with van der Waals surface area (Å²) in [5, 5.41) is 17.4. The maximum absolute atomic E-state index is 5.62. The number of nitrogens with zero attached hydrogens (tertiary/aromatic N) is 4. The van der Waals surface area contributed by atoms with Crippen molar-refractivity contribution in [3.8, 4) is 33.8 Å². The molecule has 0 saturated heterocycles. The number of rotatable bonds is 12. The van der Waals surface area contributed by atoms with Crippen LogP contribution in [0.4, 0.5) is 22.7 Å². The Hall–Kier alpha value is -5.10. The second-order valence-corrected chi connectivity index (χ2v) is 9.76. The summed E-state index contributed by atoms with van der Waals surface area (Å²) in [6, 6.07) is 40.0. The van der Waals surface area contributed by atoms with Crippen LogP contribution in [0, 0.1) is 0 Å². The van der Waals surface area contributed by atoms with Gasteiger partial charge in [0, 0.05) is 0 Å². The summed E-state index contributed by atoms with van der Waals surface area (Å²) in [7, 11) is 0. The zero-order valence-corrected chi connectivity index (χ0v) is 24.0. The molecule has 0 aromatic heterocycles. The van der Waals surface area contributed by atoms with Gasteiger partial charge < -0.3 is 9.47 Å². The topological polar surface area (TPSA) is 67.9 Å². The van der Waals surface area contributed by atoms with Crippen LogP contribution in [0.3, 0.4) is 0 Å². The van der Waals surface area contributed by atoms with E-state index in [1.807, 2.05) is 72.8 Å². The highest BCUT2D eigenvalue weighted by Gasteiger charge is 2.02. The van der Waals surface area contributed by atoms with Gasteiger partial charge in [0.1, 0.15) is 11.5 Å². The van der Waals surface area contributed by atoms with Gasteiger partial charge in [-0.1, -0.05) is 62.4 Å². The van der Waals surface area contributed by atoms with Crippen LogP contribution in [0.15, 0.2) is 142 Å². The molecule has 42 heavy (non-hydrogen) atoms. The molecule has 0 atom stereocenters. The van der Waals surface area contributed by atoms with Gasteiger partial charge in [0.25, 0.3) is 0 Å². The molecular weight excluding hydrogens is 520 g/mol. The predicted molar refractivity (Wildman–Crippen MR) is 170 cm³/mol. The Bertz CT molecular complexity index is 1470. The lowest BCUT2D eigenvalue weighted by atomic mass is 10.00. The maximum Gasteiger partial charge on any atom is 0.119 e. The third kappa shape index (κ3) is 7.98. The van der Waals surface area contributed by atoms with Crippen molar-refractivity contribution in [2.45, 2.75) is 26.7 Å². The molecule has 0 unspecified atom stereocenters. The molecule has 0 aliphatic carbocycles. The summed E-state index contributed by atoms with van der Waals surface area (Å²) < 4.78 is 11.2. The predicted octanol–water partition coefficient (Wildman–Crippen LogP) is 11.4. The quantitative estimate of drug-likeness (QED) is 0.144. The molecule has 5 aromatic carbocycles. The van der Waals surface area contributed by atoms with Gasteiger partial charge in [-0.15, -0.1) is 0 Å². The normalized spacial score (nSPS) is 11.3. The third-order valence-corrected chi connectivity index (χ3v) is 6.47. The van der Waals surface area contributed by atoms with Gasteiger partial charge in [-0.05, 0) is 108 Å². The monoisotopic (exact) mass is 554 g/mol. The molecule has 0 amide bonds. The maximum atomic E-state index is 5.62. The molecule has 6 nitrogen and oxygen atoms in total. The van der Waals surface area contributed by atoms with Crippen LogP contribution in [0.5, 0.6) is 11.5 Å². The van der Waals surface area contributed by atoms with Gasteiger partial charge in [0.15, 0.2) is 0 Å². The number of azo groups is 2. The van der Waals surface area contributed by atoms with E-state index < -0.39 is 0 Å². The fourth-order valence-electron chi connectivity index (χ4n) is 4.19. The zero-order valence-electron chi connectivity index (χ0n) is 24.0. The lowest BCUT2D eigenvalue weighted by Gasteiger charge is -2.06. The lowest BCUT2D eigenvalue weighted by Crippen LogP contribution is -1.93. The molecule has 210 valence electrons. The summed E-state index contributed by atoms with van der Waals surface area (Å²) in [6.07, 6.45) is 1.97. The van der Waals surface area contributed by atoms with Crippen molar-refractivity contribution < 1.29 is 9.47 Å². The average Bonchev–Trinajstić information content (AvgIpc) is 3.06. The number of hydrogen-bond acceptors (Lipinski definition) is 6. The fraction of sp³-hybridized carbons (Fsp3) is 0.167. The van der Waals surface area contributed by atoms with Crippen molar-refractivity contribution in [3.05, 3.63) is 121 Å². The number of ether oxygens (including phenoxy) is 2. The van der Waals surface area contributed by atoms with Gasteiger partial charge in [0.05, 0.1) is 36.0 Å². The average molecular weight is 555 g/mol. The van der Waals surface area contributed by atoms with E-state index in [4.69, 9.17) is 9.47 Å². The summed E-state index contributed by atoms with van der Waals surface area (Å²) in [5.74, 6) is 1.70. The SMILES string of the molecule is CCCOc1ccc(/N=N/c2ccc(-c3ccc(-c4ccc(/N=N/c5ccc(OCCC)cc5)cc4)cc3)cc2)cc1. The third-order valence-electron chi connectivity index (χ3n) is 6.47. The van der Waals surface area contributed by atoms with E-state index in [1.165, 1.54) is 0 Å². The van der Waals surface area contributed by atoms with E-state index >= 15 is 0 Å². The van der Waals surface area contributed by atoms with Gasteiger partial charge in [0.2, 0.25) is 0 Å². The van der Waals surface area contributed by atoms with Crippen molar-refractivity contribution in [2.24, 2.45) is 20.5 Å².